The highest BCUT2D eigenvalue weighted by atomic mass is 32.2. The minimum absolute atomic E-state index is 0.161. The van der Waals surface area contributed by atoms with E-state index in [1.807, 2.05) is 11.9 Å². The van der Waals surface area contributed by atoms with Crippen LogP contribution < -0.4 is 0 Å². The predicted molar refractivity (Wildman–Crippen MR) is 161 cm³/mol. The molecule has 198 valence electrons. The molecule has 0 aliphatic carbocycles. The van der Waals surface area contributed by atoms with E-state index in [-0.39, 0.29) is 5.41 Å². The molecule has 2 nitrogen and oxygen atoms in total. The highest BCUT2D eigenvalue weighted by Crippen LogP contribution is 2.38. The van der Waals surface area contributed by atoms with Gasteiger partial charge in [-0.05, 0) is 119 Å². The Balaban J connectivity index is 1.33. The first-order chi connectivity index (χ1) is 18.1. The van der Waals surface area contributed by atoms with Crippen molar-refractivity contribution in [2.75, 3.05) is 33.2 Å². The van der Waals surface area contributed by atoms with Crippen LogP contribution in [0.1, 0.15) is 62.1 Å². The van der Waals surface area contributed by atoms with E-state index in [1.165, 1.54) is 79.7 Å². The van der Waals surface area contributed by atoms with E-state index < -0.39 is 0 Å². The Hall–Kier alpha value is -2.07. The van der Waals surface area contributed by atoms with Gasteiger partial charge in [-0.2, -0.15) is 0 Å². The van der Waals surface area contributed by atoms with E-state index in [1.54, 1.807) is 0 Å². The summed E-state index contributed by atoms with van der Waals surface area (Å²) in [6, 6.07) is 30.9. The number of nitrogens with zero attached hydrogens (tertiary/aromatic N) is 2. The lowest BCUT2D eigenvalue weighted by Gasteiger charge is -2.40. The molecule has 1 fully saturated rings. The summed E-state index contributed by atoms with van der Waals surface area (Å²) >= 11 is 1.87. The maximum atomic E-state index is 2.75. The average molecular weight is 515 g/mol. The molecule has 0 bridgehead atoms. The number of rotatable bonds is 13. The second-order valence-electron chi connectivity index (χ2n) is 11.1. The van der Waals surface area contributed by atoms with Crippen molar-refractivity contribution in [3.8, 4) is 0 Å². The van der Waals surface area contributed by atoms with E-state index >= 15 is 0 Å². The van der Waals surface area contributed by atoms with Crippen LogP contribution in [0.15, 0.2) is 89.8 Å². The van der Waals surface area contributed by atoms with Gasteiger partial charge in [-0.25, -0.2) is 4.31 Å². The van der Waals surface area contributed by atoms with Crippen molar-refractivity contribution in [1.29, 1.82) is 0 Å². The average Bonchev–Trinajstić information content (AvgIpc) is 2.93. The molecule has 3 heteroatoms. The fourth-order valence-corrected chi connectivity index (χ4v) is 7.13. The minimum atomic E-state index is 0.161. The Morgan fingerprint density at radius 3 is 2.22 bits per heavy atom. The lowest BCUT2D eigenvalue weighted by Crippen LogP contribution is -2.42. The molecule has 0 amide bonds. The maximum Gasteiger partial charge on any atom is 0.0230 e. The zero-order valence-electron chi connectivity index (χ0n) is 23.2. The van der Waals surface area contributed by atoms with E-state index in [9.17, 15) is 0 Å². The number of hydrogen-bond donors (Lipinski definition) is 0. The standard InChI is InChI=1S/C34H46N2S/c1-4-34(33-21-12-11-14-29(33)2,28-35(3)37-32-19-9-6-10-20-32)24-27-36-25-22-31(23-26-36)18-13-17-30-15-7-5-8-16-30/h5-12,14-16,19-21,31H,4,13,17-18,22-28H2,1-3H3. The van der Waals surface area contributed by atoms with E-state index in [0.717, 1.165) is 18.9 Å². The molecule has 0 radical (unpaired) electrons. The summed E-state index contributed by atoms with van der Waals surface area (Å²) in [5.74, 6) is 0.903. The highest BCUT2D eigenvalue weighted by Gasteiger charge is 2.34. The van der Waals surface area contributed by atoms with Gasteiger partial charge in [0.05, 0.1) is 0 Å². The van der Waals surface area contributed by atoms with Crippen LogP contribution in [-0.4, -0.2) is 42.4 Å². The van der Waals surface area contributed by atoms with Crippen LogP contribution in [0.25, 0.3) is 0 Å². The maximum absolute atomic E-state index is 2.75. The molecule has 1 aliphatic heterocycles. The van der Waals surface area contributed by atoms with Crippen molar-refractivity contribution in [3.63, 3.8) is 0 Å². The van der Waals surface area contributed by atoms with Gasteiger partial charge in [-0.1, -0.05) is 86.1 Å². The third kappa shape index (κ3) is 8.21. The van der Waals surface area contributed by atoms with Crippen LogP contribution in [-0.2, 0) is 11.8 Å². The van der Waals surface area contributed by atoms with Crippen molar-refractivity contribution in [1.82, 2.24) is 9.21 Å². The smallest absolute Gasteiger partial charge is 0.0230 e. The first-order valence-electron chi connectivity index (χ1n) is 14.3. The molecule has 1 heterocycles. The summed E-state index contributed by atoms with van der Waals surface area (Å²) < 4.78 is 2.46. The molecule has 1 saturated heterocycles. The molecule has 37 heavy (non-hydrogen) atoms. The van der Waals surface area contributed by atoms with Crippen molar-refractivity contribution < 1.29 is 0 Å². The largest absolute Gasteiger partial charge is 0.303 e. The quantitative estimate of drug-likeness (QED) is 0.211. The van der Waals surface area contributed by atoms with Gasteiger partial charge in [0.2, 0.25) is 0 Å². The molecule has 1 unspecified atom stereocenters. The van der Waals surface area contributed by atoms with Crippen molar-refractivity contribution in [2.45, 2.75) is 69.1 Å². The predicted octanol–water partition coefficient (Wildman–Crippen LogP) is 8.41. The first kappa shape index (κ1) is 28.0. The Morgan fingerprint density at radius 1 is 0.892 bits per heavy atom. The second-order valence-corrected chi connectivity index (χ2v) is 12.3. The summed E-state index contributed by atoms with van der Waals surface area (Å²) in [7, 11) is 2.27. The monoisotopic (exact) mass is 514 g/mol. The SMILES string of the molecule is CCC(CCN1CCC(CCCc2ccccc2)CC1)(CN(C)Sc1ccccc1)c1ccccc1C. The summed E-state index contributed by atoms with van der Waals surface area (Å²) in [5.41, 5.74) is 4.62. The third-order valence-corrected chi connectivity index (χ3v) is 9.38. The summed E-state index contributed by atoms with van der Waals surface area (Å²) in [4.78, 5) is 4.06. The Morgan fingerprint density at radius 2 is 1.54 bits per heavy atom. The van der Waals surface area contributed by atoms with Gasteiger partial charge in [0, 0.05) is 16.9 Å². The number of aryl methyl sites for hydroxylation is 2. The molecule has 0 aromatic heterocycles. The van der Waals surface area contributed by atoms with E-state index in [4.69, 9.17) is 0 Å². The van der Waals surface area contributed by atoms with Gasteiger partial charge in [-0.3, -0.25) is 0 Å². The van der Waals surface area contributed by atoms with Gasteiger partial charge in [0.25, 0.3) is 0 Å². The van der Waals surface area contributed by atoms with Gasteiger partial charge >= 0.3 is 0 Å². The fraction of sp³-hybridized carbons (Fsp3) is 0.471. The number of hydrogen-bond acceptors (Lipinski definition) is 3. The molecular formula is C34H46N2S. The molecule has 0 N–H and O–H groups in total. The normalized spacial score (nSPS) is 16.6. The Labute approximate surface area is 230 Å². The Kier molecular flexibility index (Phi) is 10.7. The van der Waals surface area contributed by atoms with Crippen molar-refractivity contribution >= 4 is 11.9 Å². The summed E-state index contributed by atoms with van der Waals surface area (Å²) in [6.07, 6.45) is 9.04. The van der Waals surface area contributed by atoms with Crippen LogP contribution in [0.2, 0.25) is 0 Å². The zero-order chi connectivity index (χ0) is 25.9. The van der Waals surface area contributed by atoms with Crippen molar-refractivity contribution in [2.24, 2.45) is 5.92 Å². The van der Waals surface area contributed by atoms with Gasteiger partial charge < -0.3 is 4.90 Å². The number of likely N-dealkylation sites (N-methyl/N-ethyl adjacent to an activating group) is 1. The van der Waals surface area contributed by atoms with Crippen molar-refractivity contribution in [3.05, 3.63) is 102 Å². The molecule has 1 aliphatic rings. The molecular weight excluding hydrogens is 468 g/mol. The van der Waals surface area contributed by atoms with Gasteiger partial charge in [0.15, 0.2) is 0 Å². The molecule has 0 spiro atoms. The second kappa shape index (κ2) is 14.2. The highest BCUT2D eigenvalue weighted by molar-refractivity contribution is 7.97. The van der Waals surface area contributed by atoms with Crippen LogP contribution in [0.4, 0.5) is 0 Å². The first-order valence-corrected chi connectivity index (χ1v) is 15.1. The van der Waals surface area contributed by atoms with E-state index in [2.05, 4.69) is 115 Å². The fourth-order valence-electron chi connectivity index (χ4n) is 6.18. The van der Waals surface area contributed by atoms with Gasteiger partial charge in [-0.15, -0.1) is 0 Å². The zero-order valence-corrected chi connectivity index (χ0v) is 24.1. The lowest BCUT2D eigenvalue weighted by molar-refractivity contribution is 0.157. The minimum Gasteiger partial charge on any atom is -0.303 e. The molecule has 3 aromatic rings. The molecule has 4 rings (SSSR count). The molecule has 0 saturated carbocycles. The number of piperidine rings is 1. The summed E-state index contributed by atoms with van der Waals surface area (Å²) in [5, 5.41) is 0. The van der Waals surface area contributed by atoms with Gasteiger partial charge in [0.1, 0.15) is 0 Å². The Bertz CT molecular complexity index is 1050. The van der Waals surface area contributed by atoms with Crippen LogP contribution in [0, 0.1) is 12.8 Å². The van der Waals surface area contributed by atoms with Crippen LogP contribution in [0.5, 0.6) is 0 Å². The van der Waals surface area contributed by atoms with Crippen LogP contribution >= 0.6 is 11.9 Å². The van der Waals surface area contributed by atoms with Crippen LogP contribution in [0.3, 0.4) is 0 Å². The van der Waals surface area contributed by atoms with E-state index in [0.29, 0.717) is 0 Å². The summed E-state index contributed by atoms with van der Waals surface area (Å²) in [6.45, 7) is 9.47. The number of likely N-dealkylation sites (tertiary alicyclic amines) is 1. The number of benzene rings is 3. The third-order valence-electron chi connectivity index (χ3n) is 8.46. The lowest BCUT2D eigenvalue weighted by atomic mass is 9.73. The topological polar surface area (TPSA) is 6.48 Å². The molecule has 1 atom stereocenters. The molecule has 3 aromatic carbocycles.